The highest BCUT2D eigenvalue weighted by Gasteiger charge is 2.27. The molecule has 0 saturated heterocycles. The summed E-state index contributed by atoms with van der Waals surface area (Å²) in [5, 5.41) is 0. The molecule has 0 aromatic heterocycles. The minimum Gasteiger partial charge on any atom is -0.460 e. The van der Waals surface area contributed by atoms with Crippen LogP contribution in [0.25, 0.3) is 11.1 Å². The van der Waals surface area contributed by atoms with E-state index in [0.29, 0.717) is 5.92 Å². The Labute approximate surface area is 199 Å². The van der Waals surface area contributed by atoms with E-state index in [1.165, 1.54) is 54.4 Å². The quantitative estimate of drug-likeness (QED) is 0.238. The molecule has 0 N–H and O–H groups in total. The van der Waals surface area contributed by atoms with Gasteiger partial charge in [0.05, 0.1) is 0 Å². The Morgan fingerprint density at radius 1 is 0.848 bits per heavy atom. The van der Waals surface area contributed by atoms with E-state index in [1.807, 2.05) is 6.92 Å². The Balaban J connectivity index is 1.46. The van der Waals surface area contributed by atoms with Gasteiger partial charge < -0.3 is 4.74 Å². The minimum absolute atomic E-state index is 0.131. The van der Waals surface area contributed by atoms with Gasteiger partial charge in [-0.25, -0.2) is 9.18 Å². The number of hydrogen-bond donors (Lipinski definition) is 0. The van der Waals surface area contributed by atoms with Crippen LogP contribution in [-0.4, -0.2) is 18.2 Å². The summed E-state index contributed by atoms with van der Waals surface area (Å²) >= 11 is 0. The zero-order valence-corrected chi connectivity index (χ0v) is 20.5. The third kappa shape index (κ3) is 7.98. The van der Waals surface area contributed by atoms with Crippen LogP contribution in [0.3, 0.4) is 0 Å². The highest BCUT2D eigenvalue weighted by atomic mass is 19.1. The van der Waals surface area contributed by atoms with Crippen LogP contribution in [0.5, 0.6) is 0 Å². The Morgan fingerprint density at radius 2 is 1.45 bits per heavy atom. The van der Waals surface area contributed by atoms with Crippen LogP contribution in [0.1, 0.15) is 102 Å². The van der Waals surface area contributed by atoms with Crippen molar-refractivity contribution in [1.29, 1.82) is 0 Å². The molecule has 0 aliphatic heterocycles. The van der Waals surface area contributed by atoms with Crippen molar-refractivity contribution in [2.45, 2.75) is 109 Å². The molecule has 3 heteroatoms. The van der Waals surface area contributed by atoms with E-state index >= 15 is 0 Å². The molecule has 2 aromatic carbocycles. The van der Waals surface area contributed by atoms with Crippen molar-refractivity contribution in [2.24, 2.45) is 0 Å². The van der Waals surface area contributed by atoms with E-state index in [1.54, 1.807) is 0 Å². The van der Waals surface area contributed by atoms with Gasteiger partial charge in [0.2, 0.25) is 0 Å². The lowest BCUT2D eigenvalue weighted by atomic mass is 9.82. The lowest BCUT2D eigenvalue weighted by molar-refractivity contribution is -0.157. The fourth-order valence-corrected chi connectivity index (χ4v) is 4.82. The van der Waals surface area contributed by atoms with Crippen LogP contribution in [0.2, 0.25) is 0 Å². The summed E-state index contributed by atoms with van der Waals surface area (Å²) in [6.07, 6.45) is 10.3. The Hall–Kier alpha value is -2.16. The fourth-order valence-electron chi connectivity index (χ4n) is 4.82. The molecule has 1 saturated carbocycles. The Morgan fingerprint density at radius 3 is 2.06 bits per heavy atom. The maximum absolute atomic E-state index is 13.9. The smallest absolute Gasteiger partial charge is 0.340 e. The van der Waals surface area contributed by atoms with Crippen LogP contribution in [0.4, 0.5) is 4.39 Å². The number of ether oxygens (including phenoxy) is 1. The fraction of sp³-hybridized carbons (Fsp3) is 0.567. The topological polar surface area (TPSA) is 26.3 Å². The summed E-state index contributed by atoms with van der Waals surface area (Å²) < 4.78 is 19.3. The average Bonchev–Trinajstić information content (AvgIpc) is 2.86. The van der Waals surface area contributed by atoms with Gasteiger partial charge in [0.15, 0.2) is 6.17 Å². The van der Waals surface area contributed by atoms with E-state index in [0.717, 1.165) is 38.5 Å². The standard InChI is InChI=1S/C30H41FO2/c1-3-5-7-8-9-23-11-13-24(14-12-23)25-15-17-26(18-16-25)27-19-21-28(22-20-27)33-30(32)29(31)10-6-4-2/h11-18,27-29H,3-10,19-22H2,1-2H3/t27-,28-,29-/m0/s1. The number of esters is 1. The van der Waals surface area contributed by atoms with Crippen molar-refractivity contribution >= 4 is 5.97 Å². The number of carbonyl (C=O) groups is 1. The third-order valence-corrected chi connectivity index (χ3v) is 7.01. The SMILES string of the molecule is CCCCCCc1ccc(-c2ccc([C@H]3CC[C@H](OC(=O)[C@@H](F)CCCC)CC3)cc2)cc1. The van der Waals surface area contributed by atoms with Crippen molar-refractivity contribution in [3.8, 4) is 11.1 Å². The van der Waals surface area contributed by atoms with Crippen molar-refractivity contribution in [3.05, 3.63) is 59.7 Å². The van der Waals surface area contributed by atoms with Crippen LogP contribution in [-0.2, 0) is 16.0 Å². The molecule has 33 heavy (non-hydrogen) atoms. The first kappa shape index (κ1) is 25.5. The molecule has 0 spiro atoms. The molecule has 0 amide bonds. The van der Waals surface area contributed by atoms with E-state index in [9.17, 15) is 9.18 Å². The van der Waals surface area contributed by atoms with E-state index in [4.69, 9.17) is 4.74 Å². The molecule has 0 radical (unpaired) electrons. The van der Waals surface area contributed by atoms with Gasteiger partial charge in [0.25, 0.3) is 0 Å². The number of benzene rings is 2. The largest absolute Gasteiger partial charge is 0.460 e. The van der Waals surface area contributed by atoms with E-state index in [2.05, 4.69) is 55.5 Å². The molecule has 2 aromatic rings. The number of aryl methyl sites for hydroxylation is 1. The summed E-state index contributed by atoms with van der Waals surface area (Å²) in [5.74, 6) is -0.177. The zero-order valence-electron chi connectivity index (χ0n) is 20.5. The number of carbonyl (C=O) groups excluding carboxylic acids is 1. The molecule has 1 aliphatic rings. The van der Waals surface area contributed by atoms with Gasteiger partial charge >= 0.3 is 5.97 Å². The van der Waals surface area contributed by atoms with Gasteiger partial charge in [-0.05, 0) is 73.1 Å². The number of alkyl halides is 1. The lowest BCUT2D eigenvalue weighted by Crippen LogP contribution is -2.28. The van der Waals surface area contributed by atoms with Crippen LogP contribution >= 0.6 is 0 Å². The molecule has 0 bridgehead atoms. The average molecular weight is 453 g/mol. The van der Waals surface area contributed by atoms with Crippen molar-refractivity contribution in [1.82, 2.24) is 0 Å². The highest BCUT2D eigenvalue weighted by Crippen LogP contribution is 2.35. The zero-order chi connectivity index (χ0) is 23.5. The Kier molecular flexibility index (Phi) is 10.4. The monoisotopic (exact) mass is 452 g/mol. The van der Waals surface area contributed by atoms with Crippen molar-refractivity contribution in [2.75, 3.05) is 0 Å². The third-order valence-electron chi connectivity index (χ3n) is 7.01. The van der Waals surface area contributed by atoms with E-state index in [-0.39, 0.29) is 12.5 Å². The highest BCUT2D eigenvalue weighted by molar-refractivity contribution is 5.74. The molecule has 3 rings (SSSR count). The van der Waals surface area contributed by atoms with Gasteiger partial charge in [-0.3, -0.25) is 0 Å². The number of unbranched alkanes of at least 4 members (excludes halogenated alkanes) is 4. The van der Waals surface area contributed by atoms with Crippen LogP contribution < -0.4 is 0 Å². The molecular weight excluding hydrogens is 411 g/mol. The van der Waals surface area contributed by atoms with Gasteiger partial charge in [-0.1, -0.05) is 94.5 Å². The number of rotatable bonds is 12. The second-order valence-corrected chi connectivity index (χ2v) is 9.65. The summed E-state index contributed by atoms with van der Waals surface area (Å²) in [5.41, 5.74) is 5.29. The molecule has 2 nitrogen and oxygen atoms in total. The maximum atomic E-state index is 13.9. The van der Waals surface area contributed by atoms with Crippen LogP contribution in [0, 0.1) is 0 Å². The van der Waals surface area contributed by atoms with E-state index < -0.39 is 12.1 Å². The first-order chi connectivity index (χ1) is 16.1. The molecule has 1 atom stereocenters. The number of hydrogen-bond acceptors (Lipinski definition) is 2. The molecule has 1 aliphatic carbocycles. The first-order valence-electron chi connectivity index (χ1n) is 13.1. The van der Waals surface area contributed by atoms with Gasteiger partial charge in [-0.15, -0.1) is 0 Å². The summed E-state index contributed by atoms with van der Waals surface area (Å²) in [4.78, 5) is 11.9. The summed E-state index contributed by atoms with van der Waals surface area (Å²) in [6, 6.07) is 17.9. The second kappa shape index (κ2) is 13.5. The van der Waals surface area contributed by atoms with Gasteiger partial charge in [0.1, 0.15) is 6.10 Å². The van der Waals surface area contributed by atoms with Crippen molar-refractivity contribution in [3.63, 3.8) is 0 Å². The van der Waals surface area contributed by atoms with Crippen LogP contribution in [0.15, 0.2) is 48.5 Å². The predicted molar refractivity (Wildman–Crippen MR) is 135 cm³/mol. The minimum atomic E-state index is -1.47. The molecule has 180 valence electrons. The molecule has 1 fully saturated rings. The first-order valence-corrected chi connectivity index (χ1v) is 13.1. The summed E-state index contributed by atoms with van der Waals surface area (Å²) in [7, 11) is 0. The molecule has 0 heterocycles. The van der Waals surface area contributed by atoms with Crippen molar-refractivity contribution < 1.29 is 13.9 Å². The predicted octanol–water partition coefficient (Wildman–Crippen LogP) is 8.57. The molecular formula is C30H41FO2. The lowest BCUT2D eigenvalue weighted by Gasteiger charge is -2.29. The summed E-state index contributed by atoms with van der Waals surface area (Å²) in [6.45, 7) is 4.25. The Bertz CT molecular complexity index is 819. The van der Waals surface area contributed by atoms with Gasteiger partial charge in [0, 0.05) is 0 Å². The second-order valence-electron chi connectivity index (χ2n) is 9.65. The number of halogens is 1. The normalized spacial score (nSPS) is 19.2. The maximum Gasteiger partial charge on any atom is 0.340 e. The van der Waals surface area contributed by atoms with Gasteiger partial charge in [-0.2, -0.15) is 0 Å². The molecule has 0 unspecified atom stereocenters.